The maximum atomic E-state index is 11.4. The molecule has 23 heavy (non-hydrogen) atoms. The highest BCUT2D eigenvalue weighted by atomic mass is 16.1. The number of carbonyl (C=O) groups is 1. The average molecular weight is 300 g/mol. The number of hydrogen-bond acceptors (Lipinski definition) is 4. The summed E-state index contributed by atoms with van der Waals surface area (Å²) in [5.74, 6) is 0.363. The van der Waals surface area contributed by atoms with Crippen LogP contribution in [0.4, 0.5) is 17.2 Å². The maximum absolute atomic E-state index is 11.4. The Balaban J connectivity index is 2.00. The van der Waals surface area contributed by atoms with Crippen LogP contribution < -0.4 is 16.1 Å². The molecule has 0 aliphatic heterocycles. The summed E-state index contributed by atoms with van der Waals surface area (Å²) in [5.41, 5.74) is 2.90. The van der Waals surface area contributed by atoms with Crippen molar-refractivity contribution in [1.82, 2.24) is 9.97 Å². The lowest BCUT2D eigenvalue weighted by molar-refractivity contribution is -0.111. The molecule has 2 N–H and O–H groups in total. The van der Waals surface area contributed by atoms with Gasteiger partial charge in [0.2, 0.25) is 5.91 Å². The molecule has 0 fully saturated rings. The Morgan fingerprint density at radius 1 is 1.13 bits per heavy atom. The van der Waals surface area contributed by atoms with Gasteiger partial charge >= 0.3 is 0 Å². The molecule has 0 spiro atoms. The number of benzene rings is 2. The molecule has 5 nitrogen and oxygen atoms in total. The molecule has 1 heterocycles. The largest absolute Gasteiger partial charge is 0.340 e. The molecule has 1 aromatic heterocycles. The molecule has 110 valence electrons. The number of anilines is 3. The van der Waals surface area contributed by atoms with Gasteiger partial charge in [-0.1, -0.05) is 24.2 Å². The first-order chi connectivity index (χ1) is 11.2. The topological polar surface area (TPSA) is 66.9 Å². The molecule has 1 amide bonds. The van der Waals surface area contributed by atoms with Crippen LogP contribution in [0.15, 0.2) is 61.4 Å². The molecule has 2 aromatic carbocycles. The van der Waals surface area contributed by atoms with Crippen molar-refractivity contribution in [2.45, 2.75) is 0 Å². The van der Waals surface area contributed by atoms with E-state index in [-0.39, 0.29) is 5.91 Å². The van der Waals surface area contributed by atoms with Crippen molar-refractivity contribution >= 4 is 47.3 Å². The highest BCUT2D eigenvalue weighted by molar-refractivity contribution is 6.32. The number of nitrogens with one attached hydrogen (secondary N) is 2. The fourth-order valence-corrected chi connectivity index (χ4v) is 2.18. The van der Waals surface area contributed by atoms with Gasteiger partial charge in [0.15, 0.2) is 0 Å². The van der Waals surface area contributed by atoms with Crippen LogP contribution in [0.25, 0.3) is 10.9 Å². The highest BCUT2D eigenvalue weighted by Gasteiger charge is 2.06. The second kappa shape index (κ2) is 6.31. The molecule has 0 bridgehead atoms. The lowest BCUT2D eigenvalue weighted by atomic mass is 9.96. The molecule has 6 heteroatoms. The second-order valence-electron chi connectivity index (χ2n) is 4.90. The van der Waals surface area contributed by atoms with Gasteiger partial charge in [-0.15, -0.1) is 0 Å². The van der Waals surface area contributed by atoms with E-state index in [1.54, 1.807) is 6.07 Å². The minimum atomic E-state index is -0.272. The lowest BCUT2D eigenvalue weighted by Crippen LogP contribution is -2.07. The predicted octanol–water partition coefficient (Wildman–Crippen LogP) is 2.29. The monoisotopic (exact) mass is 300 g/mol. The van der Waals surface area contributed by atoms with Crippen LogP contribution >= 0.6 is 0 Å². The van der Waals surface area contributed by atoms with Crippen LogP contribution in [0.2, 0.25) is 0 Å². The van der Waals surface area contributed by atoms with Crippen molar-refractivity contribution in [3.05, 3.63) is 61.4 Å². The summed E-state index contributed by atoms with van der Waals surface area (Å²) < 4.78 is 0. The molecule has 3 rings (SSSR count). The molecular formula is C17H13BN4O. The number of aromatic nitrogens is 2. The Kier molecular flexibility index (Phi) is 4.06. The number of nitrogens with zero attached hydrogens (tertiary/aromatic N) is 2. The molecule has 3 aromatic rings. The maximum Gasteiger partial charge on any atom is 0.247 e. The Morgan fingerprint density at radius 3 is 2.78 bits per heavy atom. The van der Waals surface area contributed by atoms with Gasteiger partial charge < -0.3 is 10.6 Å². The summed E-state index contributed by atoms with van der Waals surface area (Å²) in [6.07, 6.45) is 2.70. The summed E-state index contributed by atoms with van der Waals surface area (Å²) in [4.78, 5) is 19.9. The average Bonchev–Trinajstić information content (AvgIpc) is 2.55. The second-order valence-corrected chi connectivity index (χ2v) is 4.90. The van der Waals surface area contributed by atoms with Crippen molar-refractivity contribution in [2.24, 2.45) is 0 Å². The molecule has 0 unspecified atom stereocenters. The third-order valence-electron chi connectivity index (χ3n) is 3.24. The van der Waals surface area contributed by atoms with Crippen LogP contribution in [0.3, 0.4) is 0 Å². The van der Waals surface area contributed by atoms with E-state index < -0.39 is 0 Å². The normalized spacial score (nSPS) is 10.3. The van der Waals surface area contributed by atoms with Crippen LogP contribution in [-0.4, -0.2) is 23.7 Å². The van der Waals surface area contributed by atoms with Crippen LogP contribution in [0.1, 0.15) is 0 Å². The fourth-order valence-electron chi connectivity index (χ4n) is 2.18. The van der Waals surface area contributed by atoms with Crippen molar-refractivity contribution in [2.75, 3.05) is 10.6 Å². The van der Waals surface area contributed by atoms with E-state index in [2.05, 4.69) is 27.2 Å². The molecule has 0 aliphatic rings. The van der Waals surface area contributed by atoms with Gasteiger partial charge in [-0.25, -0.2) is 9.97 Å². The number of fused-ring (bicyclic) bond motifs is 1. The first-order valence-electron chi connectivity index (χ1n) is 6.96. The molecule has 0 atom stereocenters. The number of hydrogen-bond donors (Lipinski definition) is 2. The SMILES string of the molecule is [B]c1cccc(Nc2ncnc3ccc(NC(=O)C=C)cc23)c1. The zero-order valence-electron chi connectivity index (χ0n) is 12.3. The van der Waals surface area contributed by atoms with Crippen LogP contribution in [-0.2, 0) is 4.79 Å². The Bertz CT molecular complexity index is 895. The quantitative estimate of drug-likeness (QED) is 0.573. The third-order valence-corrected chi connectivity index (χ3v) is 3.24. The van der Waals surface area contributed by atoms with Gasteiger partial charge in [-0.3, -0.25) is 4.79 Å². The number of rotatable bonds is 4. The van der Waals surface area contributed by atoms with E-state index in [9.17, 15) is 4.79 Å². The standard InChI is InChI=1S/C17H13BN4O/c1-2-16(23)21-13-6-7-15-14(9-13)17(20-10-19-15)22-12-5-3-4-11(18)8-12/h2-10H,1H2,(H,21,23)(H,19,20,22). The molecule has 2 radical (unpaired) electrons. The first-order valence-corrected chi connectivity index (χ1v) is 6.96. The Labute approximate surface area is 134 Å². The van der Waals surface area contributed by atoms with E-state index in [4.69, 9.17) is 7.85 Å². The van der Waals surface area contributed by atoms with Crippen molar-refractivity contribution in [1.29, 1.82) is 0 Å². The minimum absolute atomic E-state index is 0.272. The zero-order chi connectivity index (χ0) is 16.2. The molecular weight excluding hydrogens is 287 g/mol. The van der Waals surface area contributed by atoms with Crippen molar-refractivity contribution < 1.29 is 4.79 Å². The van der Waals surface area contributed by atoms with E-state index >= 15 is 0 Å². The molecule has 0 saturated carbocycles. The fraction of sp³-hybridized carbons (Fsp3) is 0. The van der Waals surface area contributed by atoms with Gasteiger partial charge in [0.25, 0.3) is 0 Å². The van der Waals surface area contributed by atoms with Gasteiger partial charge in [0.05, 0.1) is 5.52 Å². The minimum Gasteiger partial charge on any atom is -0.340 e. The van der Waals surface area contributed by atoms with E-state index in [1.165, 1.54) is 12.4 Å². The van der Waals surface area contributed by atoms with Gasteiger partial charge in [-0.05, 0) is 36.4 Å². The first kappa shape index (κ1) is 14.8. The van der Waals surface area contributed by atoms with E-state index in [1.807, 2.05) is 36.4 Å². The van der Waals surface area contributed by atoms with Crippen molar-refractivity contribution in [3.63, 3.8) is 0 Å². The third kappa shape index (κ3) is 3.37. The van der Waals surface area contributed by atoms with E-state index in [0.717, 1.165) is 16.6 Å². The molecule has 0 aliphatic carbocycles. The summed E-state index contributed by atoms with van der Waals surface area (Å²) in [6.45, 7) is 3.44. The number of carbonyl (C=O) groups excluding carboxylic acids is 1. The zero-order valence-corrected chi connectivity index (χ0v) is 12.3. The smallest absolute Gasteiger partial charge is 0.247 e. The van der Waals surface area contributed by atoms with Gasteiger partial charge in [-0.2, -0.15) is 0 Å². The lowest BCUT2D eigenvalue weighted by Gasteiger charge is -2.10. The summed E-state index contributed by atoms with van der Waals surface area (Å²) in [7, 11) is 5.79. The molecule has 0 saturated heterocycles. The number of amides is 1. The highest BCUT2D eigenvalue weighted by Crippen LogP contribution is 2.25. The van der Waals surface area contributed by atoms with Gasteiger partial charge in [0.1, 0.15) is 20.0 Å². The Hall–Kier alpha value is -3.15. The summed E-state index contributed by atoms with van der Waals surface area (Å²) in [6, 6.07) is 12.8. The van der Waals surface area contributed by atoms with Crippen molar-refractivity contribution in [3.8, 4) is 0 Å². The van der Waals surface area contributed by atoms with E-state index in [0.29, 0.717) is 17.0 Å². The summed E-state index contributed by atoms with van der Waals surface area (Å²) >= 11 is 0. The van der Waals surface area contributed by atoms with Crippen LogP contribution in [0.5, 0.6) is 0 Å². The van der Waals surface area contributed by atoms with Crippen LogP contribution in [0, 0.1) is 0 Å². The Morgan fingerprint density at radius 2 is 2.00 bits per heavy atom. The summed E-state index contributed by atoms with van der Waals surface area (Å²) in [5, 5.41) is 6.73. The van der Waals surface area contributed by atoms with Gasteiger partial charge in [0, 0.05) is 16.8 Å². The predicted molar refractivity (Wildman–Crippen MR) is 93.5 cm³/mol.